The minimum Gasteiger partial charge on any atom is -0.479 e. The first kappa shape index (κ1) is 39.0. The molecule has 1 aliphatic rings. The van der Waals surface area contributed by atoms with E-state index >= 15 is 0 Å². The molecule has 0 radical (unpaired) electrons. The summed E-state index contributed by atoms with van der Waals surface area (Å²) in [4.78, 5) is 26.3. The molecule has 1 aliphatic heterocycles. The topological polar surface area (TPSA) is 188 Å². The third-order valence-electron chi connectivity index (χ3n) is 8.68. The summed E-state index contributed by atoms with van der Waals surface area (Å²) in [6.07, 6.45) is -2.73. The van der Waals surface area contributed by atoms with Crippen molar-refractivity contribution in [3.63, 3.8) is 0 Å². The van der Waals surface area contributed by atoms with Gasteiger partial charge >= 0.3 is 13.7 Å². The molecule has 6 atom stereocenters. The van der Waals surface area contributed by atoms with Crippen LogP contribution in [-0.4, -0.2) is 79.9 Å². The molecule has 17 heteroatoms. The van der Waals surface area contributed by atoms with Crippen LogP contribution in [0.5, 0.6) is 11.6 Å². The van der Waals surface area contributed by atoms with Gasteiger partial charge in [-0.2, -0.15) is 15.1 Å². The Kier molecular flexibility index (Phi) is 11.2. The number of imidazole rings is 1. The number of halogens is 1. The van der Waals surface area contributed by atoms with Gasteiger partial charge in [-0.3, -0.25) is 13.9 Å². The number of esters is 1. The van der Waals surface area contributed by atoms with E-state index in [0.717, 1.165) is 10.9 Å². The van der Waals surface area contributed by atoms with Crippen LogP contribution < -0.4 is 19.7 Å². The Morgan fingerprint density at radius 1 is 1.11 bits per heavy atom. The average Bonchev–Trinajstić information content (AvgIpc) is 3.65. The molecule has 5 aromatic rings. The van der Waals surface area contributed by atoms with Crippen molar-refractivity contribution < 1.29 is 47.2 Å². The fourth-order valence-corrected chi connectivity index (χ4v) is 7.33. The number of nitrogens with one attached hydrogen (secondary N) is 2. The molecule has 15 nitrogen and oxygen atoms in total. The maximum atomic E-state index is 14.5. The lowest BCUT2D eigenvalue weighted by atomic mass is 9.96. The number of hydrogen-bond donors (Lipinski definition) is 4. The molecule has 288 valence electrons. The van der Waals surface area contributed by atoms with Gasteiger partial charge in [0, 0.05) is 11.9 Å². The number of aliphatic hydroxyl groups is 2. The maximum Gasteiger partial charge on any atom is 0.459 e. The van der Waals surface area contributed by atoms with Gasteiger partial charge in [0.1, 0.15) is 35.4 Å². The molecule has 54 heavy (non-hydrogen) atoms. The number of nitrogens with zero attached hydrogens (tertiary/aromatic N) is 4. The van der Waals surface area contributed by atoms with Crippen LogP contribution in [0.2, 0.25) is 0 Å². The second kappa shape index (κ2) is 15.6. The fourth-order valence-electron chi connectivity index (χ4n) is 5.81. The van der Waals surface area contributed by atoms with Gasteiger partial charge in [-0.25, -0.2) is 13.9 Å². The summed E-state index contributed by atoms with van der Waals surface area (Å²) in [6.45, 7) is 8.42. The van der Waals surface area contributed by atoms with Gasteiger partial charge in [0.25, 0.3) is 0 Å². The normalized spacial score (nSPS) is 21.8. The van der Waals surface area contributed by atoms with Crippen LogP contribution in [0.25, 0.3) is 21.9 Å². The van der Waals surface area contributed by atoms with Crippen molar-refractivity contribution in [3.8, 4) is 11.6 Å². The lowest BCUT2D eigenvalue weighted by Crippen LogP contribution is -2.44. The van der Waals surface area contributed by atoms with Gasteiger partial charge in [-0.15, -0.1) is 0 Å². The van der Waals surface area contributed by atoms with Gasteiger partial charge in [0.2, 0.25) is 11.8 Å². The minimum absolute atomic E-state index is 0.122. The molecule has 0 aliphatic carbocycles. The largest absolute Gasteiger partial charge is 0.479 e. The van der Waals surface area contributed by atoms with E-state index in [1.807, 2.05) is 39.0 Å². The van der Waals surface area contributed by atoms with Gasteiger partial charge in [-0.05, 0) is 48.4 Å². The molecule has 3 heterocycles. The average molecular weight is 767 g/mol. The SMILES string of the molecule is COc1nc(NCc2ccc(F)cc2)nc2c1ncn2C1OC(COP(=O)(NC(C)C(=O)OCC(C)(C)C)Oc2cccc3ccccc23)C(O)C1(C)O. The zero-order valence-corrected chi connectivity index (χ0v) is 31.6. The van der Waals surface area contributed by atoms with Crippen LogP contribution in [0.4, 0.5) is 10.3 Å². The molecule has 0 amide bonds. The van der Waals surface area contributed by atoms with Crippen LogP contribution >= 0.6 is 7.75 Å². The van der Waals surface area contributed by atoms with Crippen molar-refractivity contribution in [2.24, 2.45) is 5.41 Å². The van der Waals surface area contributed by atoms with Crippen LogP contribution in [0.15, 0.2) is 73.1 Å². The van der Waals surface area contributed by atoms with E-state index in [1.165, 1.54) is 44.0 Å². The molecule has 0 bridgehead atoms. The Hall–Kier alpha value is -4.70. The molecule has 4 N–H and O–H groups in total. The standard InChI is InChI=1S/C37H44FN6O9P/c1-22(33(46)50-20-36(2,3)4)43-54(48,53-27-13-9-11-24-10-7-8-12-26(24)27)51-19-28-30(45)37(5,47)34(52-28)44-21-40-29-31(44)41-35(42-32(29)49-6)39-18-23-14-16-25(38)17-15-23/h7-17,21-22,28,30,34,45,47H,18-20H2,1-6H3,(H,43,48)(H,39,41,42). The molecular formula is C37H44FN6O9P. The van der Waals surface area contributed by atoms with Crippen molar-refractivity contribution in [2.75, 3.05) is 25.6 Å². The number of aliphatic hydroxyl groups excluding tert-OH is 1. The summed E-state index contributed by atoms with van der Waals surface area (Å²) in [7, 11) is -3.00. The van der Waals surface area contributed by atoms with Gasteiger partial charge < -0.3 is 34.3 Å². The molecule has 6 rings (SSSR count). The molecular weight excluding hydrogens is 722 g/mol. The molecule has 6 unspecified atom stereocenters. The minimum atomic E-state index is -4.42. The van der Waals surface area contributed by atoms with Gasteiger partial charge in [0.15, 0.2) is 17.4 Å². The zero-order valence-electron chi connectivity index (χ0n) is 30.7. The lowest BCUT2D eigenvalue weighted by Gasteiger charge is -2.27. The molecule has 0 spiro atoms. The summed E-state index contributed by atoms with van der Waals surface area (Å²) in [6, 6.07) is 17.3. The number of anilines is 1. The number of ether oxygens (including phenoxy) is 3. The van der Waals surface area contributed by atoms with E-state index < -0.39 is 50.4 Å². The molecule has 1 saturated heterocycles. The monoisotopic (exact) mass is 766 g/mol. The van der Waals surface area contributed by atoms with Crippen LogP contribution in [0, 0.1) is 11.2 Å². The van der Waals surface area contributed by atoms with E-state index in [-0.39, 0.29) is 53.1 Å². The molecule has 1 fully saturated rings. The van der Waals surface area contributed by atoms with Crippen molar-refractivity contribution in [2.45, 2.75) is 71.2 Å². The van der Waals surface area contributed by atoms with E-state index in [2.05, 4.69) is 25.4 Å². The Morgan fingerprint density at radius 3 is 2.56 bits per heavy atom. The third kappa shape index (κ3) is 8.65. The van der Waals surface area contributed by atoms with Crippen LogP contribution in [0.3, 0.4) is 0 Å². The third-order valence-corrected chi connectivity index (χ3v) is 10.3. The first-order valence-corrected chi connectivity index (χ1v) is 18.8. The Labute approximate surface area is 311 Å². The van der Waals surface area contributed by atoms with Gasteiger partial charge in [0.05, 0.1) is 26.7 Å². The number of fused-ring (bicyclic) bond motifs is 2. The van der Waals surface area contributed by atoms with Crippen LogP contribution in [0.1, 0.15) is 46.4 Å². The first-order valence-electron chi connectivity index (χ1n) is 17.3. The molecule has 2 aromatic heterocycles. The summed E-state index contributed by atoms with van der Waals surface area (Å²) in [5, 5.41) is 30.2. The van der Waals surface area contributed by atoms with Crippen LogP contribution in [-0.2, 0) is 29.9 Å². The number of hydrogen-bond acceptors (Lipinski definition) is 13. The summed E-state index contributed by atoms with van der Waals surface area (Å²) < 4.78 is 58.4. The Morgan fingerprint density at radius 2 is 1.83 bits per heavy atom. The van der Waals surface area contributed by atoms with Gasteiger partial charge in [-0.1, -0.05) is 69.3 Å². The predicted molar refractivity (Wildman–Crippen MR) is 197 cm³/mol. The summed E-state index contributed by atoms with van der Waals surface area (Å²) in [5.41, 5.74) is -1.02. The van der Waals surface area contributed by atoms with E-state index in [9.17, 15) is 24.0 Å². The number of aromatic nitrogens is 4. The number of methoxy groups -OCH3 is 1. The second-order valence-corrected chi connectivity index (χ2v) is 16.1. The molecule has 0 saturated carbocycles. The van der Waals surface area contributed by atoms with Crippen molar-refractivity contribution >= 4 is 41.6 Å². The fraction of sp³-hybridized carbons (Fsp3) is 0.405. The predicted octanol–water partition coefficient (Wildman–Crippen LogP) is 5.52. The van der Waals surface area contributed by atoms with Crippen molar-refractivity contribution in [1.29, 1.82) is 0 Å². The number of benzene rings is 3. The van der Waals surface area contributed by atoms with E-state index in [0.29, 0.717) is 5.39 Å². The highest BCUT2D eigenvalue weighted by Crippen LogP contribution is 2.48. The number of carbonyl (C=O) groups excluding carboxylic acids is 1. The van der Waals surface area contributed by atoms with Crippen molar-refractivity contribution in [1.82, 2.24) is 24.6 Å². The Bertz CT molecular complexity index is 2150. The van der Waals surface area contributed by atoms with Crippen molar-refractivity contribution in [3.05, 3.63) is 84.4 Å². The lowest BCUT2D eigenvalue weighted by molar-refractivity contribution is -0.148. The first-order chi connectivity index (χ1) is 25.6. The zero-order chi connectivity index (χ0) is 38.8. The Balaban J connectivity index is 1.24. The summed E-state index contributed by atoms with van der Waals surface area (Å²) in [5.74, 6) is -0.535. The highest BCUT2D eigenvalue weighted by Gasteiger charge is 2.54. The number of carbonyl (C=O) groups is 1. The maximum absolute atomic E-state index is 14.5. The van der Waals surface area contributed by atoms with E-state index in [1.54, 1.807) is 36.4 Å². The summed E-state index contributed by atoms with van der Waals surface area (Å²) >= 11 is 0. The smallest absolute Gasteiger partial charge is 0.459 e. The van der Waals surface area contributed by atoms with E-state index in [4.69, 9.17) is 23.3 Å². The quantitative estimate of drug-likeness (QED) is 0.0817. The molecule has 3 aromatic carbocycles. The highest BCUT2D eigenvalue weighted by atomic mass is 31.2. The number of rotatable bonds is 14. The highest BCUT2D eigenvalue weighted by molar-refractivity contribution is 7.52. The second-order valence-electron chi connectivity index (χ2n) is 14.4.